The molecule has 0 radical (unpaired) electrons. The van der Waals surface area contributed by atoms with Gasteiger partial charge in [0.1, 0.15) is 6.04 Å². The molecule has 4 amide bonds. The summed E-state index contributed by atoms with van der Waals surface area (Å²) in [6, 6.07) is 18.3. The Labute approximate surface area is 235 Å². The zero-order chi connectivity index (χ0) is 28.9. The molecule has 0 saturated heterocycles. The van der Waals surface area contributed by atoms with E-state index in [4.69, 9.17) is 0 Å². The van der Waals surface area contributed by atoms with E-state index >= 15 is 0 Å². The molecule has 0 bridgehead atoms. The maximum absolute atomic E-state index is 13.3. The molecule has 212 valence electrons. The first-order valence-electron chi connectivity index (χ1n) is 13.9. The number of pyridine rings is 1. The monoisotopic (exact) mass is 545 g/mol. The maximum Gasteiger partial charge on any atom is 0.311 e. The molecule has 0 saturated carbocycles. The summed E-state index contributed by atoms with van der Waals surface area (Å²) in [7, 11) is 0. The standard InChI is InChI=1S/C31H39N5O4/c1-4-17-36(18-5-2)31(40)30(39)33-20-22(3)28(37)35-27(16-15-23-11-7-6-8-12-23)29(38)34-25-19-24-13-9-10-14-26(24)32-21-25/h6-14,19,21-22,27H,4-5,15-18,20H2,1-3H3,(H,33,39)(H,34,38)(H,35,37). The molecule has 0 spiro atoms. The summed E-state index contributed by atoms with van der Waals surface area (Å²) in [6.07, 6.45) is 4.05. The molecule has 40 heavy (non-hydrogen) atoms. The number of carbonyl (C=O) groups excluding carboxylic acids is 4. The highest BCUT2D eigenvalue weighted by molar-refractivity contribution is 6.35. The Morgan fingerprint density at radius 1 is 0.900 bits per heavy atom. The molecule has 3 aromatic rings. The Hall–Kier alpha value is -4.27. The van der Waals surface area contributed by atoms with Crippen molar-refractivity contribution in [3.05, 3.63) is 72.4 Å². The first-order chi connectivity index (χ1) is 19.3. The third-order valence-corrected chi connectivity index (χ3v) is 6.54. The van der Waals surface area contributed by atoms with E-state index in [1.165, 1.54) is 4.90 Å². The topological polar surface area (TPSA) is 121 Å². The van der Waals surface area contributed by atoms with Crippen LogP contribution < -0.4 is 16.0 Å². The SMILES string of the molecule is CCCN(CCC)C(=O)C(=O)NCC(C)C(=O)NC(CCc1ccccc1)C(=O)Nc1cnc2ccccc2c1. The van der Waals surface area contributed by atoms with Crippen molar-refractivity contribution < 1.29 is 19.2 Å². The van der Waals surface area contributed by atoms with Gasteiger partial charge in [-0.1, -0.05) is 69.3 Å². The molecular weight excluding hydrogens is 506 g/mol. The van der Waals surface area contributed by atoms with E-state index in [9.17, 15) is 19.2 Å². The molecule has 0 fully saturated rings. The molecule has 2 atom stereocenters. The molecule has 0 aliphatic heterocycles. The third kappa shape index (κ3) is 8.90. The number of amides is 4. The van der Waals surface area contributed by atoms with Gasteiger partial charge in [-0.2, -0.15) is 0 Å². The second-order valence-electron chi connectivity index (χ2n) is 9.89. The summed E-state index contributed by atoms with van der Waals surface area (Å²) in [5.41, 5.74) is 2.39. The van der Waals surface area contributed by atoms with Gasteiger partial charge in [-0.15, -0.1) is 0 Å². The van der Waals surface area contributed by atoms with Crippen LogP contribution in [-0.2, 0) is 25.6 Å². The summed E-state index contributed by atoms with van der Waals surface area (Å²) in [5.74, 6) is -2.74. The summed E-state index contributed by atoms with van der Waals surface area (Å²) in [5, 5.41) is 9.19. The Bertz CT molecular complexity index is 1290. The number of hydrogen-bond acceptors (Lipinski definition) is 5. The number of para-hydroxylation sites is 1. The number of fused-ring (bicyclic) bond motifs is 1. The number of nitrogens with zero attached hydrogens (tertiary/aromatic N) is 2. The van der Waals surface area contributed by atoms with Crippen LogP contribution in [0.2, 0.25) is 0 Å². The fourth-order valence-corrected chi connectivity index (χ4v) is 4.32. The van der Waals surface area contributed by atoms with Gasteiger partial charge >= 0.3 is 11.8 Å². The van der Waals surface area contributed by atoms with E-state index in [0.717, 1.165) is 29.3 Å². The van der Waals surface area contributed by atoms with Gasteiger partial charge in [-0.05, 0) is 43.4 Å². The molecule has 0 aliphatic rings. The van der Waals surface area contributed by atoms with Crippen LogP contribution in [0.15, 0.2) is 66.9 Å². The first-order valence-corrected chi connectivity index (χ1v) is 13.9. The molecule has 0 aliphatic carbocycles. The number of carbonyl (C=O) groups is 4. The zero-order valence-corrected chi connectivity index (χ0v) is 23.5. The van der Waals surface area contributed by atoms with Crippen LogP contribution in [0.1, 0.15) is 45.6 Å². The number of rotatable bonds is 13. The molecule has 3 rings (SSSR count). The predicted molar refractivity (Wildman–Crippen MR) is 156 cm³/mol. The lowest BCUT2D eigenvalue weighted by Crippen LogP contribution is -2.49. The van der Waals surface area contributed by atoms with Crippen LogP contribution in [0.5, 0.6) is 0 Å². The van der Waals surface area contributed by atoms with Gasteiger partial charge in [0.05, 0.1) is 23.3 Å². The van der Waals surface area contributed by atoms with Gasteiger partial charge in [0.15, 0.2) is 0 Å². The second kappa shape index (κ2) is 15.4. The quantitative estimate of drug-likeness (QED) is 0.283. The van der Waals surface area contributed by atoms with Gasteiger partial charge in [-0.3, -0.25) is 24.2 Å². The van der Waals surface area contributed by atoms with Crippen molar-refractivity contribution in [1.29, 1.82) is 0 Å². The average Bonchev–Trinajstić information content (AvgIpc) is 2.97. The number of hydrogen-bond donors (Lipinski definition) is 3. The lowest BCUT2D eigenvalue weighted by atomic mass is 10.0. The third-order valence-electron chi connectivity index (χ3n) is 6.54. The van der Waals surface area contributed by atoms with E-state index < -0.39 is 29.7 Å². The minimum atomic E-state index is -0.816. The first kappa shape index (κ1) is 30.3. The van der Waals surface area contributed by atoms with Crippen molar-refractivity contribution in [2.24, 2.45) is 5.92 Å². The Balaban J connectivity index is 1.64. The molecule has 1 aromatic heterocycles. The zero-order valence-electron chi connectivity index (χ0n) is 23.5. The number of benzene rings is 2. The minimum Gasteiger partial charge on any atom is -0.347 e. The van der Waals surface area contributed by atoms with E-state index in [-0.39, 0.29) is 12.5 Å². The minimum absolute atomic E-state index is 0.0237. The molecular formula is C31H39N5O4. The maximum atomic E-state index is 13.3. The van der Waals surface area contributed by atoms with E-state index in [2.05, 4.69) is 20.9 Å². The molecule has 1 heterocycles. The van der Waals surface area contributed by atoms with Crippen LogP contribution in [-0.4, -0.2) is 59.2 Å². The highest BCUT2D eigenvalue weighted by Gasteiger charge is 2.26. The fraction of sp³-hybridized carbons (Fsp3) is 0.387. The normalized spacial score (nSPS) is 12.3. The Kier molecular flexibility index (Phi) is 11.6. The van der Waals surface area contributed by atoms with Crippen molar-refractivity contribution in [3.8, 4) is 0 Å². The summed E-state index contributed by atoms with van der Waals surface area (Å²) < 4.78 is 0. The Morgan fingerprint density at radius 2 is 1.57 bits per heavy atom. The van der Waals surface area contributed by atoms with Crippen LogP contribution in [0.3, 0.4) is 0 Å². The molecule has 2 aromatic carbocycles. The predicted octanol–water partition coefficient (Wildman–Crippen LogP) is 3.69. The van der Waals surface area contributed by atoms with E-state index in [1.54, 1.807) is 13.1 Å². The Morgan fingerprint density at radius 3 is 2.27 bits per heavy atom. The van der Waals surface area contributed by atoms with Gasteiger partial charge in [0.25, 0.3) is 0 Å². The van der Waals surface area contributed by atoms with Crippen molar-refractivity contribution >= 4 is 40.2 Å². The van der Waals surface area contributed by atoms with Gasteiger partial charge < -0.3 is 20.9 Å². The van der Waals surface area contributed by atoms with Crippen molar-refractivity contribution in [3.63, 3.8) is 0 Å². The van der Waals surface area contributed by atoms with Gasteiger partial charge in [0.2, 0.25) is 11.8 Å². The lowest BCUT2D eigenvalue weighted by molar-refractivity contribution is -0.146. The van der Waals surface area contributed by atoms with Gasteiger partial charge in [0, 0.05) is 25.0 Å². The summed E-state index contributed by atoms with van der Waals surface area (Å²) in [6.45, 7) is 6.52. The summed E-state index contributed by atoms with van der Waals surface area (Å²) >= 11 is 0. The van der Waals surface area contributed by atoms with Crippen molar-refractivity contribution in [2.75, 3.05) is 25.0 Å². The van der Waals surface area contributed by atoms with Crippen LogP contribution in [0, 0.1) is 5.92 Å². The largest absolute Gasteiger partial charge is 0.347 e. The number of aromatic nitrogens is 1. The average molecular weight is 546 g/mol. The van der Waals surface area contributed by atoms with E-state index in [1.807, 2.05) is 74.5 Å². The van der Waals surface area contributed by atoms with Crippen LogP contribution in [0.4, 0.5) is 5.69 Å². The summed E-state index contributed by atoms with van der Waals surface area (Å²) in [4.78, 5) is 57.2. The number of nitrogens with one attached hydrogen (secondary N) is 3. The highest BCUT2D eigenvalue weighted by atomic mass is 16.2. The van der Waals surface area contributed by atoms with Gasteiger partial charge in [-0.25, -0.2) is 0 Å². The smallest absolute Gasteiger partial charge is 0.311 e. The van der Waals surface area contributed by atoms with Crippen molar-refractivity contribution in [2.45, 2.75) is 52.5 Å². The lowest BCUT2D eigenvalue weighted by Gasteiger charge is -2.22. The van der Waals surface area contributed by atoms with Crippen LogP contribution >= 0.6 is 0 Å². The number of anilines is 1. The second-order valence-corrected chi connectivity index (χ2v) is 9.89. The molecule has 9 heteroatoms. The molecule has 2 unspecified atom stereocenters. The van der Waals surface area contributed by atoms with Crippen molar-refractivity contribution in [1.82, 2.24) is 20.5 Å². The van der Waals surface area contributed by atoms with Crippen LogP contribution in [0.25, 0.3) is 10.9 Å². The molecule has 3 N–H and O–H groups in total. The van der Waals surface area contributed by atoms with E-state index in [0.29, 0.717) is 31.6 Å². The molecule has 9 nitrogen and oxygen atoms in total. The number of aryl methyl sites for hydroxylation is 1. The fourth-order valence-electron chi connectivity index (χ4n) is 4.32. The highest BCUT2D eigenvalue weighted by Crippen LogP contribution is 2.17.